The second kappa shape index (κ2) is 17.1. The van der Waals surface area contributed by atoms with E-state index in [0.29, 0.717) is 0 Å². The summed E-state index contributed by atoms with van der Waals surface area (Å²) in [5.74, 6) is 2.14. The molecule has 0 N–H and O–H groups in total. The van der Waals surface area contributed by atoms with Gasteiger partial charge in [-0.25, -0.2) is 0 Å². The average molecular weight is 966 g/mol. The van der Waals surface area contributed by atoms with E-state index < -0.39 is 24.4 Å². The molecule has 0 radical (unpaired) electrons. The Morgan fingerprint density at radius 2 is 0.828 bits per heavy atom. The van der Waals surface area contributed by atoms with Gasteiger partial charge in [-0.1, -0.05) is 0 Å². The van der Waals surface area contributed by atoms with Crippen LogP contribution < -0.4 is 0 Å². The Kier molecular flexibility index (Phi) is 10.8. The SMILES string of the molecule is [Cl][Zr]([Cl])[SiH](CC1C(c2ccc(-c3ccccc3)o2)=Cc2c1cc1c(c2-c2ccccc2)CCC1)CC1C(c2ccc(-c3ccccc3)o2)=Cc2c1cc1c(c2-c2ccccc2)CCC1. The van der Waals surface area contributed by atoms with Crippen LogP contribution in [-0.2, 0) is 44.2 Å². The second-order valence-corrected chi connectivity index (χ2v) is 41.5. The van der Waals surface area contributed by atoms with Gasteiger partial charge in [0.15, 0.2) is 0 Å². The van der Waals surface area contributed by atoms with E-state index in [1.54, 1.807) is 0 Å². The van der Waals surface area contributed by atoms with Crippen molar-refractivity contribution in [1.82, 2.24) is 0 Å². The van der Waals surface area contributed by atoms with Crippen molar-refractivity contribution in [1.29, 1.82) is 0 Å². The van der Waals surface area contributed by atoms with Crippen LogP contribution in [0.25, 0.3) is 68.2 Å². The predicted molar refractivity (Wildman–Crippen MR) is 266 cm³/mol. The molecule has 64 heavy (non-hydrogen) atoms. The summed E-state index contributed by atoms with van der Waals surface area (Å²) < 4.78 is 13.7. The van der Waals surface area contributed by atoms with E-state index in [9.17, 15) is 0 Å². The molecule has 4 aliphatic carbocycles. The third kappa shape index (κ3) is 7.26. The van der Waals surface area contributed by atoms with Crippen LogP contribution in [0.4, 0.5) is 0 Å². The van der Waals surface area contributed by atoms with E-state index in [1.165, 1.54) is 90.7 Å². The zero-order valence-electron chi connectivity index (χ0n) is 35.6. The van der Waals surface area contributed by atoms with Gasteiger partial charge in [0.2, 0.25) is 0 Å². The Labute approximate surface area is 391 Å². The first kappa shape index (κ1) is 40.5. The molecule has 0 saturated carbocycles. The molecule has 0 saturated heterocycles. The van der Waals surface area contributed by atoms with Gasteiger partial charge in [0.05, 0.1) is 0 Å². The molecular weight excluding hydrogens is 919 g/mol. The summed E-state index contributed by atoms with van der Waals surface area (Å²) in [6.07, 6.45) is 11.8. The number of benzene rings is 6. The van der Waals surface area contributed by atoms with Gasteiger partial charge in [0.1, 0.15) is 0 Å². The van der Waals surface area contributed by atoms with E-state index in [0.717, 1.165) is 71.9 Å². The van der Waals surface area contributed by atoms with Gasteiger partial charge in [-0.05, 0) is 0 Å². The summed E-state index contributed by atoms with van der Waals surface area (Å²) in [4.78, 5) is 0. The van der Waals surface area contributed by atoms with Crippen LogP contribution in [-0.4, -0.2) is 5.92 Å². The Bertz CT molecular complexity index is 2890. The van der Waals surface area contributed by atoms with Gasteiger partial charge >= 0.3 is 395 Å². The molecule has 6 heteroatoms. The van der Waals surface area contributed by atoms with Crippen molar-refractivity contribution in [2.75, 3.05) is 0 Å². The van der Waals surface area contributed by atoms with Gasteiger partial charge in [-0.2, -0.15) is 0 Å². The first-order valence-electron chi connectivity index (χ1n) is 23.0. The van der Waals surface area contributed by atoms with Crippen molar-refractivity contribution >= 4 is 46.2 Å². The average Bonchev–Trinajstić information content (AvgIpc) is 4.21. The molecule has 0 aliphatic heterocycles. The van der Waals surface area contributed by atoms with Crippen LogP contribution in [0.2, 0.25) is 12.1 Å². The zero-order chi connectivity index (χ0) is 42.7. The molecule has 0 amide bonds. The first-order valence-corrected chi connectivity index (χ1v) is 35.8. The monoisotopic (exact) mass is 963 g/mol. The quantitative estimate of drug-likeness (QED) is 0.121. The summed E-state index contributed by atoms with van der Waals surface area (Å²) >= 11 is -2.88. The third-order valence-electron chi connectivity index (χ3n) is 14.4. The van der Waals surface area contributed by atoms with Crippen molar-refractivity contribution in [3.63, 3.8) is 0 Å². The van der Waals surface area contributed by atoms with E-state index in [2.05, 4.69) is 170 Å². The van der Waals surface area contributed by atoms with Crippen molar-refractivity contribution in [2.45, 2.75) is 62.4 Å². The van der Waals surface area contributed by atoms with Crippen LogP contribution in [0.3, 0.4) is 0 Å². The Morgan fingerprint density at radius 1 is 0.453 bits per heavy atom. The molecule has 4 aliphatic rings. The Morgan fingerprint density at radius 3 is 1.22 bits per heavy atom. The summed E-state index contributed by atoms with van der Waals surface area (Å²) in [6.45, 7) is 0. The van der Waals surface area contributed by atoms with E-state index in [1.807, 2.05) is 0 Å². The number of aryl methyl sites for hydroxylation is 2. The van der Waals surface area contributed by atoms with Crippen molar-refractivity contribution < 1.29 is 27.4 Å². The molecule has 8 aromatic rings. The Hall–Kier alpha value is -4.96. The molecular formula is C58H47Cl2O2SiZr. The number of hydrogen-bond donors (Lipinski definition) is 0. The van der Waals surface area contributed by atoms with E-state index >= 15 is 0 Å². The molecule has 2 heterocycles. The molecule has 2 atom stereocenters. The number of hydrogen-bond acceptors (Lipinski definition) is 2. The number of rotatable bonds is 11. The van der Waals surface area contributed by atoms with E-state index in [-0.39, 0.29) is 11.8 Å². The van der Waals surface area contributed by atoms with Crippen LogP contribution in [0.5, 0.6) is 0 Å². The van der Waals surface area contributed by atoms with Crippen LogP contribution in [0.15, 0.2) is 167 Å². The fourth-order valence-electron chi connectivity index (χ4n) is 11.5. The molecule has 0 bridgehead atoms. The summed E-state index contributed by atoms with van der Waals surface area (Å²) in [5, 5.41) is 0. The van der Waals surface area contributed by atoms with Crippen molar-refractivity contribution in [2.24, 2.45) is 0 Å². The predicted octanol–water partition coefficient (Wildman–Crippen LogP) is 16.1. The van der Waals surface area contributed by atoms with Gasteiger partial charge in [0.25, 0.3) is 0 Å². The maximum atomic E-state index is 7.59. The van der Waals surface area contributed by atoms with Crippen LogP contribution in [0.1, 0.15) is 80.7 Å². The molecule has 2 aromatic heterocycles. The van der Waals surface area contributed by atoms with Crippen LogP contribution >= 0.6 is 17.0 Å². The van der Waals surface area contributed by atoms with Crippen LogP contribution in [0, 0.1) is 0 Å². The fourth-order valence-corrected chi connectivity index (χ4v) is 26.6. The number of allylic oxidation sites excluding steroid dienone is 2. The minimum absolute atomic E-state index is 0.143. The van der Waals surface area contributed by atoms with E-state index in [4.69, 9.17) is 25.9 Å². The van der Waals surface area contributed by atoms with Gasteiger partial charge in [-0.3, -0.25) is 0 Å². The third-order valence-corrected chi connectivity index (χ3v) is 36.1. The van der Waals surface area contributed by atoms with Gasteiger partial charge in [0, 0.05) is 0 Å². The summed E-state index contributed by atoms with van der Waals surface area (Å²) in [7, 11) is 15.2. The number of halogens is 2. The zero-order valence-corrected chi connectivity index (χ0v) is 40.8. The van der Waals surface area contributed by atoms with Crippen molar-refractivity contribution in [3.05, 3.63) is 214 Å². The maximum absolute atomic E-state index is 7.59. The molecule has 12 rings (SSSR count). The number of furan rings is 2. The molecule has 0 spiro atoms. The molecule has 2 nitrogen and oxygen atoms in total. The summed E-state index contributed by atoms with van der Waals surface area (Å²) in [5.41, 5.74) is 21.7. The second-order valence-electron chi connectivity index (χ2n) is 18.0. The molecule has 0 fully saturated rings. The molecule has 313 valence electrons. The molecule has 6 aromatic carbocycles. The Balaban J connectivity index is 0.987. The van der Waals surface area contributed by atoms with Gasteiger partial charge < -0.3 is 0 Å². The fraction of sp³-hybridized carbons (Fsp3) is 0.172. The standard InChI is InChI=1S/C58H47O2Si.2ClH.Zr/c1-5-15-37(16-6-1)53-27-29-55(59-53)47-33-49-45(31-41-23-13-25-43(41)57(49)39-19-9-3-10-20-39)51(47)35-61-36-52-46-32-42-24-14-26-44(42)58(40-21-11-4-12-22-40)50(46)34-48(52)56-30-28-54(60-56)38-17-7-2-8-18-38;;;/h1-12,15-22,27-34,51-52,61H,13-14,23-26,35-36H2;2*1H;/q;;;+2/p-2. The number of fused-ring (bicyclic) bond motifs is 4. The minimum atomic E-state index is -2.88. The first-order chi connectivity index (χ1) is 31.6. The van der Waals surface area contributed by atoms with Gasteiger partial charge in [-0.15, -0.1) is 0 Å². The molecule has 2 unspecified atom stereocenters. The summed E-state index contributed by atoms with van der Waals surface area (Å²) in [6, 6.07) is 58.9. The van der Waals surface area contributed by atoms with Crippen molar-refractivity contribution in [3.8, 4) is 44.9 Å². The topological polar surface area (TPSA) is 26.3 Å². The normalized spacial score (nSPS) is 17.4.